The van der Waals surface area contributed by atoms with Gasteiger partial charge in [0.2, 0.25) is 11.8 Å². The topological polar surface area (TPSA) is 86.8 Å². The van der Waals surface area contributed by atoms with Crippen molar-refractivity contribution in [1.29, 1.82) is 0 Å². The second kappa shape index (κ2) is 14.5. The Balaban J connectivity index is 2.06. The number of halogens is 2. The van der Waals surface area contributed by atoms with Crippen molar-refractivity contribution in [3.63, 3.8) is 0 Å². The van der Waals surface area contributed by atoms with Gasteiger partial charge in [-0.3, -0.25) is 13.9 Å². The van der Waals surface area contributed by atoms with Crippen molar-refractivity contribution in [3.05, 3.63) is 94.0 Å². The Morgan fingerprint density at radius 2 is 1.52 bits per heavy atom. The van der Waals surface area contributed by atoms with Crippen LogP contribution in [0.4, 0.5) is 5.69 Å². The molecule has 1 atom stereocenters. The van der Waals surface area contributed by atoms with Gasteiger partial charge in [-0.2, -0.15) is 0 Å². The van der Waals surface area contributed by atoms with Crippen LogP contribution in [0.15, 0.2) is 77.7 Å². The summed E-state index contributed by atoms with van der Waals surface area (Å²) >= 11 is 12.9. The van der Waals surface area contributed by atoms with E-state index in [0.717, 1.165) is 22.7 Å². The molecule has 3 rings (SSSR count). The average molecular weight is 605 g/mol. The van der Waals surface area contributed by atoms with Gasteiger partial charge in [0.15, 0.2) is 0 Å². The maximum Gasteiger partial charge on any atom is 0.264 e. The number of hydrogen-bond acceptors (Lipinski definition) is 4. The lowest BCUT2D eigenvalue weighted by Crippen LogP contribution is -2.52. The summed E-state index contributed by atoms with van der Waals surface area (Å²) in [4.78, 5) is 28.7. The number of benzene rings is 3. The third-order valence-corrected chi connectivity index (χ3v) is 8.99. The van der Waals surface area contributed by atoms with Crippen LogP contribution in [0.3, 0.4) is 0 Å². The highest BCUT2D eigenvalue weighted by atomic mass is 35.5. The minimum atomic E-state index is -4.20. The number of nitrogens with zero attached hydrogens (tertiary/aromatic N) is 2. The highest BCUT2D eigenvalue weighted by Gasteiger charge is 2.34. The zero-order valence-electron chi connectivity index (χ0n) is 22.9. The maximum absolute atomic E-state index is 14.1. The first-order valence-electron chi connectivity index (χ1n) is 13.2. The van der Waals surface area contributed by atoms with Crippen LogP contribution in [0.1, 0.15) is 44.2 Å². The van der Waals surface area contributed by atoms with Gasteiger partial charge in [0.05, 0.1) is 15.6 Å². The monoisotopic (exact) mass is 603 g/mol. The lowest BCUT2D eigenvalue weighted by Gasteiger charge is -2.33. The first-order valence-corrected chi connectivity index (χ1v) is 15.4. The highest BCUT2D eigenvalue weighted by Crippen LogP contribution is 2.31. The van der Waals surface area contributed by atoms with Crippen molar-refractivity contribution in [2.75, 3.05) is 17.4 Å². The number of carbonyl (C=O) groups is 2. The van der Waals surface area contributed by atoms with E-state index < -0.39 is 28.5 Å². The number of unbranched alkanes of at least 4 members (excludes halogenated alkanes) is 1. The number of nitrogens with one attached hydrogen (secondary N) is 1. The molecular weight excluding hydrogens is 569 g/mol. The smallest absolute Gasteiger partial charge is 0.264 e. The SMILES string of the molecule is CCCCNC(=O)[C@H](CC)N(Cc1ccccc1Cl)C(=O)CN(c1ccccc1Cl)S(=O)(=O)c1ccc(C)cc1. The molecule has 3 aromatic carbocycles. The minimum absolute atomic E-state index is 0.0211. The van der Waals surface area contributed by atoms with Gasteiger partial charge in [-0.1, -0.05) is 91.5 Å². The molecule has 0 saturated carbocycles. The number of para-hydroxylation sites is 1. The summed E-state index contributed by atoms with van der Waals surface area (Å²) in [5, 5.41) is 3.52. The van der Waals surface area contributed by atoms with Crippen molar-refractivity contribution in [2.24, 2.45) is 0 Å². The zero-order chi connectivity index (χ0) is 29.3. The van der Waals surface area contributed by atoms with Crippen LogP contribution in [0.5, 0.6) is 0 Å². The molecule has 0 bridgehead atoms. The van der Waals surface area contributed by atoms with E-state index in [0.29, 0.717) is 23.6 Å². The Labute approximate surface area is 247 Å². The van der Waals surface area contributed by atoms with E-state index in [1.807, 2.05) is 20.8 Å². The number of carbonyl (C=O) groups excluding carboxylic acids is 2. The van der Waals surface area contributed by atoms with Gasteiger partial charge in [0.25, 0.3) is 10.0 Å². The normalized spacial score (nSPS) is 12.0. The maximum atomic E-state index is 14.1. The number of hydrogen-bond donors (Lipinski definition) is 1. The van der Waals surface area contributed by atoms with Crippen LogP contribution in [-0.4, -0.2) is 44.3 Å². The van der Waals surface area contributed by atoms with Crippen LogP contribution >= 0.6 is 23.2 Å². The van der Waals surface area contributed by atoms with Crippen LogP contribution in [0.25, 0.3) is 0 Å². The van der Waals surface area contributed by atoms with E-state index in [9.17, 15) is 18.0 Å². The van der Waals surface area contributed by atoms with E-state index in [4.69, 9.17) is 23.2 Å². The summed E-state index contributed by atoms with van der Waals surface area (Å²) in [6.07, 6.45) is 2.03. The quantitative estimate of drug-likeness (QED) is 0.235. The Morgan fingerprint density at radius 3 is 2.12 bits per heavy atom. The molecule has 1 N–H and O–H groups in total. The number of rotatable bonds is 13. The molecule has 0 aliphatic carbocycles. The summed E-state index contributed by atoms with van der Waals surface area (Å²) < 4.78 is 28.8. The summed E-state index contributed by atoms with van der Waals surface area (Å²) in [5.41, 5.74) is 1.70. The lowest BCUT2D eigenvalue weighted by atomic mass is 10.1. The predicted octanol–water partition coefficient (Wildman–Crippen LogP) is 6.22. The Hall–Kier alpha value is -3.07. The molecule has 0 radical (unpaired) electrons. The molecule has 3 aromatic rings. The van der Waals surface area contributed by atoms with Gasteiger partial charge in [-0.05, 0) is 55.7 Å². The van der Waals surface area contributed by atoms with Gasteiger partial charge in [-0.25, -0.2) is 8.42 Å². The van der Waals surface area contributed by atoms with Gasteiger partial charge >= 0.3 is 0 Å². The fraction of sp³-hybridized carbons (Fsp3) is 0.333. The Bertz CT molecular complexity index is 1410. The Morgan fingerprint density at radius 1 is 0.900 bits per heavy atom. The predicted molar refractivity (Wildman–Crippen MR) is 161 cm³/mol. The highest BCUT2D eigenvalue weighted by molar-refractivity contribution is 7.92. The number of aryl methyl sites for hydroxylation is 1. The second-order valence-electron chi connectivity index (χ2n) is 9.46. The van der Waals surface area contributed by atoms with Gasteiger partial charge in [0, 0.05) is 18.1 Å². The lowest BCUT2D eigenvalue weighted by molar-refractivity contribution is -0.140. The van der Waals surface area contributed by atoms with Crippen LogP contribution in [0.2, 0.25) is 10.0 Å². The van der Waals surface area contributed by atoms with E-state index in [2.05, 4.69) is 5.32 Å². The average Bonchev–Trinajstić information content (AvgIpc) is 2.93. The van der Waals surface area contributed by atoms with E-state index in [-0.39, 0.29) is 28.1 Å². The standard InChI is InChI=1S/C30H35Cl2N3O4S/c1-4-6-19-33-30(37)27(5-2)34(20-23-11-7-8-12-25(23)31)29(36)21-35(28-14-10-9-13-26(28)32)40(38,39)24-17-15-22(3)16-18-24/h7-18,27H,4-6,19-21H2,1-3H3,(H,33,37)/t27-/m0/s1. The minimum Gasteiger partial charge on any atom is -0.354 e. The first-order chi connectivity index (χ1) is 19.1. The molecule has 0 aliphatic heterocycles. The molecule has 0 unspecified atom stereocenters. The molecule has 2 amide bonds. The molecule has 0 fully saturated rings. The molecule has 40 heavy (non-hydrogen) atoms. The summed E-state index contributed by atoms with van der Waals surface area (Å²) in [6, 6.07) is 19.0. The molecule has 214 valence electrons. The van der Waals surface area contributed by atoms with Crippen molar-refractivity contribution < 1.29 is 18.0 Å². The Kier molecular flexibility index (Phi) is 11.4. The van der Waals surface area contributed by atoms with E-state index in [1.54, 1.807) is 60.7 Å². The van der Waals surface area contributed by atoms with Gasteiger partial charge in [-0.15, -0.1) is 0 Å². The third-order valence-electron chi connectivity index (χ3n) is 6.52. The van der Waals surface area contributed by atoms with Crippen LogP contribution in [0, 0.1) is 6.92 Å². The summed E-state index contributed by atoms with van der Waals surface area (Å²) in [5.74, 6) is -0.866. The fourth-order valence-electron chi connectivity index (χ4n) is 4.24. The summed E-state index contributed by atoms with van der Waals surface area (Å²) in [6.45, 7) is 5.63. The van der Waals surface area contributed by atoms with Gasteiger partial charge in [0.1, 0.15) is 12.6 Å². The molecule has 0 heterocycles. The zero-order valence-corrected chi connectivity index (χ0v) is 25.3. The largest absolute Gasteiger partial charge is 0.354 e. The molecule has 0 aliphatic rings. The first kappa shape index (κ1) is 31.5. The van der Waals surface area contributed by atoms with E-state index in [1.165, 1.54) is 17.0 Å². The molecule has 0 spiro atoms. The molecular formula is C30H35Cl2N3O4S. The van der Waals surface area contributed by atoms with Crippen molar-refractivity contribution in [1.82, 2.24) is 10.2 Å². The van der Waals surface area contributed by atoms with Crippen molar-refractivity contribution >= 4 is 50.7 Å². The number of anilines is 1. The molecule has 0 aromatic heterocycles. The molecule has 0 saturated heterocycles. The van der Waals surface area contributed by atoms with Crippen LogP contribution in [-0.2, 0) is 26.2 Å². The van der Waals surface area contributed by atoms with Gasteiger partial charge < -0.3 is 10.2 Å². The molecule has 10 heteroatoms. The second-order valence-corrected chi connectivity index (χ2v) is 12.1. The number of sulfonamides is 1. The molecule has 7 nitrogen and oxygen atoms in total. The van der Waals surface area contributed by atoms with Crippen molar-refractivity contribution in [3.8, 4) is 0 Å². The number of amides is 2. The summed E-state index contributed by atoms with van der Waals surface area (Å²) in [7, 11) is -4.20. The van der Waals surface area contributed by atoms with Crippen molar-refractivity contribution in [2.45, 2.75) is 57.5 Å². The fourth-order valence-corrected chi connectivity index (χ4v) is 6.16. The van der Waals surface area contributed by atoms with E-state index >= 15 is 0 Å². The third kappa shape index (κ3) is 7.77. The van der Waals surface area contributed by atoms with Crippen LogP contribution < -0.4 is 9.62 Å².